The Morgan fingerprint density at radius 1 is 1.42 bits per heavy atom. The van der Waals surface area contributed by atoms with E-state index in [4.69, 9.17) is 5.11 Å². The Kier molecular flexibility index (Phi) is 4.45. The van der Waals surface area contributed by atoms with E-state index in [9.17, 15) is 9.59 Å². The molecule has 2 N–H and O–H groups in total. The number of carboxylic acids is 1. The van der Waals surface area contributed by atoms with E-state index in [1.165, 1.54) is 6.42 Å². The molecule has 0 aromatic heterocycles. The van der Waals surface area contributed by atoms with Gasteiger partial charge in [0.15, 0.2) is 0 Å². The first kappa shape index (κ1) is 13.9. The first-order chi connectivity index (χ1) is 9.10. The third-order valence-electron chi connectivity index (χ3n) is 3.98. The van der Waals surface area contributed by atoms with E-state index in [2.05, 4.69) is 12.2 Å². The number of hydrogen-bond donors (Lipinski definition) is 2. The number of amides is 2. The lowest BCUT2D eigenvalue weighted by Crippen LogP contribution is -2.43. The molecule has 3 atom stereocenters. The SMILES string of the molecule is CCCC1CCN(C(=O)NC2C=CC(C(=O)O)C2)C1. The Balaban J connectivity index is 1.77. The highest BCUT2D eigenvalue weighted by atomic mass is 16.4. The largest absolute Gasteiger partial charge is 0.481 e. The quantitative estimate of drug-likeness (QED) is 0.763. The number of rotatable bonds is 4. The molecule has 0 aromatic carbocycles. The minimum atomic E-state index is -0.822. The molecule has 1 fully saturated rings. The van der Waals surface area contributed by atoms with Gasteiger partial charge in [0, 0.05) is 13.1 Å². The number of urea groups is 1. The highest BCUT2D eigenvalue weighted by molar-refractivity contribution is 5.76. The summed E-state index contributed by atoms with van der Waals surface area (Å²) in [6.45, 7) is 3.81. The zero-order valence-electron chi connectivity index (χ0n) is 11.3. The van der Waals surface area contributed by atoms with Crippen molar-refractivity contribution in [2.24, 2.45) is 11.8 Å². The van der Waals surface area contributed by atoms with Crippen molar-refractivity contribution in [3.05, 3.63) is 12.2 Å². The molecule has 0 radical (unpaired) electrons. The molecule has 1 saturated heterocycles. The molecule has 5 heteroatoms. The number of likely N-dealkylation sites (tertiary alicyclic amines) is 1. The monoisotopic (exact) mass is 266 g/mol. The Morgan fingerprint density at radius 3 is 2.84 bits per heavy atom. The van der Waals surface area contributed by atoms with Crippen molar-refractivity contribution in [3.63, 3.8) is 0 Å². The van der Waals surface area contributed by atoms with Gasteiger partial charge >= 0.3 is 12.0 Å². The second-order valence-corrected chi connectivity index (χ2v) is 5.51. The first-order valence-corrected chi connectivity index (χ1v) is 7.06. The third kappa shape index (κ3) is 3.49. The van der Waals surface area contributed by atoms with Gasteiger partial charge < -0.3 is 15.3 Å². The highest BCUT2D eigenvalue weighted by Crippen LogP contribution is 2.22. The summed E-state index contributed by atoms with van der Waals surface area (Å²) in [4.78, 5) is 24.7. The molecule has 2 amide bonds. The van der Waals surface area contributed by atoms with E-state index in [1.54, 1.807) is 12.2 Å². The summed E-state index contributed by atoms with van der Waals surface area (Å²) in [5, 5.41) is 11.8. The van der Waals surface area contributed by atoms with Crippen molar-refractivity contribution in [1.29, 1.82) is 0 Å². The van der Waals surface area contributed by atoms with Crippen molar-refractivity contribution in [1.82, 2.24) is 10.2 Å². The van der Waals surface area contributed by atoms with E-state index < -0.39 is 11.9 Å². The normalized spacial score (nSPS) is 29.7. The minimum absolute atomic E-state index is 0.0562. The third-order valence-corrected chi connectivity index (χ3v) is 3.98. The number of carboxylic acid groups (broad SMARTS) is 1. The van der Waals surface area contributed by atoms with Gasteiger partial charge in [-0.25, -0.2) is 4.79 Å². The Hall–Kier alpha value is -1.52. The summed E-state index contributed by atoms with van der Waals surface area (Å²) in [7, 11) is 0. The van der Waals surface area contributed by atoms with Crippen molar-refractivity contribution < 1.29 is 14.7 Å². The van der Waals surface area contributed by atoms with Gasteiger partial charge in [0.05, 0.1) is 12.0 Å². The van der Waals surface area contributed by atoms with Gasteiger partial charge in [0.25, 0.3) is 0 Å². The number of aliphatic carboxylic acids is 1. The summed E-state index contributed by atoms with van der Waals surface area (Å²) in [6, 6.07) is -0.196. The molecule has 1 heterocycles. The van der Waals surface area contributed by atoms with Crippen molar-refractivity contribution in [3.8, 4) is 0 Å². The predicted molar refractivity (Wildman–Crippen MR) is 71.8 cm³/mol. The predicted octanol–water partition coefficient (Wildman–Crippen LogP) is 1.85. The molecule has 0 bridgehead atoms. The lowest BCUT2D eigenvalue weighted by Gasteiger charge is -2.20. The fourth-order valence-corrected chi connectivity index (χ4v) is 2.90. The second kappa shape index (κ2) is 6.08. The topological polar surface area (TPSA) is 69.6 Å². The fraction of sp³-hybridized carbons (Fsp3) is 0.714. The summed E-state index contributed by atoms with van der Waals surface area (Å²) in [5.74, 6) is -0.657. The van der Waals surface area contributed by atoms with Gasteiger partial charge in [-0.15, -0.1) is 0 Å². The van der Waals surface area contributed by atoms with Gasteiger partial charge in [0.2, 0.25) is 0 Å². The van der Waals surface area contributed by atoms with Crippen LogP contribution in [0.1, 0.15) is 32.6 Å². The van der Waals surface area contributed by atoms with Crippen LogP contribution in [0.5, 0.6) is 0 Å². The molecule has 3 unspecified atom stereocenters. The standard InChI is InChI=1S/C14H22N2O3/c1-2-3-10-6-7-16(9-10)14(19)15-12-5-4-11(8-12)13(17)18/h4-5,10-12H,2-3,6-9H2,1H3,(H,15,19)(H,17,18). The van der Waals surface area contributed by atoms with Gasteiger partial charge in [-0.3, -0.25) is 4.79 Å². The smallest absolute Gasteiger partial charge is 0.317 e. The zero-order chi connectivity index (χ0) is 13.8. The summed E-state index contributed by atoms with van der Waals surface area (Å²) in [5.41, 5.74) is 0. The lowest BCUT2D eigenvalue weighted by molar-refractivity contribution is -0.140. The number of hydrogen-bond acceptors (Lipinski definition) is 2. The van der Waals surface area contributed by atoms with E-state index >= 15 is 0 Å². The Labute approximate surface area is 113 Å². The lowest BCUT2D eigenvalue weighted by atomic mass is 10.0. The molecule has 0 saturated carbocycles. The molecule has 1 aliphatic heterocycles. The van der Waals surface area contributed by atoms with Crippen LogP contribution in [0.3, 0.4) is 0 Å². The molecule has 2 rings (SSSR count). The molecule has 19 heavy (non-hydrogen) atoms. The Morgan fingerprint density at radius 2 is 2.21 bits per heavy atom. The molecule has 1 aliphatic carbocycles. The first-order valence-electron chi connectivity index (χ1n) is 7.06. The van der Waals surface area contributed by atoms with Gasteiger partial charge in [0.1, 0.15) is 0 Å². The number of carbonyl (C=O) groups is 2. The Bertz CT molecular complexity index is 381. The van der Waals surface area contributed by atoms with Crippen molar-refractivity contribution >= 4 is 12.0 Å². The molecule has 0 spiro atoms. The maximum atomic E-state index is 12.1. The summed E-state index contributed by atoms with van der Waals surface area (Å²) < 4.78 is 0. The maximum absolute atomic E-state index is 12.1. The summed E-state index contributed by atoms with van der Waals surface area (Å²) in [6.07, 6.45) is 7.33. The number of nitrogens with one attached hydrogen (secondary N) is 1. The number of nitrogens with zero attached hydrogens (tertiary/aromatic N) is 1. The molecule has 2 aliphatic rings. The second-order valence-electron chi connectivity index (χ2n) is 5.51. The van der Waals surface area contributed by atoms with Crippen LogP contribution in [0.2, 0.25) is 0 Å². The summed E-state index contributed by atoms with van der Waals surface area (Å²) >= 11 is 0. The van der Waals surface area contributed by atoms with Crippen LogP contribution in [0.4, 0.5) is 4.79 Å². The average Bonchev–Trinajstić information content (AvgIpc) is 2.98. The molecular formula is C14H22N2O3. The fourth-order valence-electron chi connectivity index (χ4n) is 2.90. The van der Waals surface area contributed by atoms with E-state index in [1.807, 2.05) is 4.90 Å². The average molecular weight is 266 g/mol. The van der Waals surface area contributed by atoms with E-state index in [0.717, 1.165) is 25.9 Å². The van der Waals surface area contributed by atoms with Crippen molar-refractivity contribution in [2.45, 2.75) is 38.6 Å². The van der Waals surface area contributed by atoms with Crippen LogP contribution in [-0.4, -0.2) is 41.1 Å². The van der Waals surface area contributed by atoms with Gasteiger partial charge in [-0.05, 0) is 25.2 Å². The number of carbonyl (C=O) groups excluding carboxylic acids is 1. The van der Waals surface area contributed by atoms with E-state index in [-0.39, 0.29) is 12.1 Å². The van der Waals surface area contributed by atoms with Crippen LogP contribution >= 0.6 is 0 Å². The van der Waals surface area contributed by atoms with E-state index in [0.29, 0.717) is 12.3 Å². The van der Waals surface area contributed by atoms with Crippen LogP contribution in [0, 0.1) is 11.8 Å². The zero-order valence-corrected chi connectivity index (χ0v) is 11.3. The van der Waals surface area contributed by atoms with Crippen LogP contribution < -0.4 is 5.32 Å². The molecule has 106 valence electrons. The molecule has 0 aromatic rings. The van der Waals surface area contributed by atoms with Gasteiger partial charge in [-0.1, -0.05) is 25.5 Å². The minimum Gasteiger partial charge on any atom is -0.481 e. The van der Waals surface area contributed by atoms with Crippen LogP contribution in [0.25, 0.3) is 0 Å². The van der Waals surface area contributed by atoms with Crippen molar-refractivity contribution in [2.75, 3.05) is 13.1 Å². The van der Waals surface area contributed by atoms with Crippen LogP contribution in [-0.2, 0) is 4.79 Å². The van der Waals surface area contributed by atoms with Crippen LogP contribution in [0.15, 0.2) is 12.2 Å². The molecule has 5 nitrogen and oxygen atoms in total. The molecular weight excluding hydrogens is 244 g/mol. The van der Waals surface area contributed by atoms with Gasteiger partial charge in [-0.2, -0.15) is 0 Å². The highest BCUT2D eigenvalue weighted by Gasteiger charge is 2.29. The maximum Gasteiger partial charge on any atom is 0.317 e.